The number of aryl methyl sites for hydroxylation is 2. The maximum absolute atomic E-state index is 12.2. The maximum atomic E-state index is 12.2. The summed E-state index contributed by atoms with van der Waals surface area (Å²) in [5.41, 5.74) is 2.02. The highest BCUT2D eigenvalue weighted by atomic mass is 35.5. The normalized spacial score (nSPS) is 11.5. The van der Waals surface area contributed by atoms with E-state index in [1.165, 1.54) is 26.2 Å². The first-order valence-electron chi connectivity index (χ1n) is 7.83. The van der Waals surface area contributed by atoms with Crippen LogP contribution in [0.4, 0.5) is 5.69 Å². The van der Waals surface area contributed by atoms with Crippen LogP contribution in [0.1, 0.15) is 11.1 Å². The summed E-state index contributed by atoms with van der Waals surface area (Å²) >= 11 is 5.95. The predicted molar refractivity (Wildman–Crippen MR) is 102 cm³/mol. The summed E-state index contributed by atoms with van der Waals surface area (Å²) in [6.07, 6.45) is 0. The highest BCUT2D eigenvalue weighted by molar-refractivity contribution is 7.89. The van der Waals surface area contributed by atoms with Gasteiger partial charge in [0.15, 0.2) is 6.61 Å². The van der Waals surface area contributed by atoms with Crippen LogP contribution < -0.4 is 10.1 Å². The lowest BCUT2D eigenvalue weighted by Gasteiger charge is -2.14. The van der Waals surface area contributed by atoms with Crippen LogP contribution in [0.5, 0.6) is 5.75 Å². The molecule has 0 heterocycles. The van der Waals surface area contributed by atoms with Gasteiger partial charge >= 0.3 is 0 Å². The van der Waals surface area contributed by atoms with E-state index < -0.39 is 10.0 Å². The number of ether oxygens (including phenoxy) is 1. The molecular weight excluding hydrogens is 376 g/mol. The minimum atomic E-state index is -3.58. The van der Waals surface area contributed by atoms with Gasteiger partial charge in [-0.05, 0) is 55.3 Å². The van der Waals surface area contributed by atoms with Crippen molar-refractivity contribution in [2.24, 2.45) is 0 Å². The van der Waals surface area contributed by atoms with Crippen LogP contribution >= 0.6 is 11.6 Å². The van der Waals surface area contributed by atoms with E-state index in [4.69, 9.17) is 16.3 Å². The molecule has 2 aromatic rings. The van der Waals surface area contributed by atoms with E-state index in [9.17, 15) is 13.2 Å². The Morgan fingerprint density at radius 2 is 1.81 bits per heavy atom. The lowest BCUT2D eigenvalue weighted by Crippen LogP contribution is -2.23. The van der Waals surface area contributed by atoms with Crippen molar-refractivity contribution < 1.29 is 17.9 Å². The Morgan fingerprint density at radius 1 is 1.12 bits per heavy atom. The molecule has 0 bridgehead atoms. The Kier molecular flexibility index (Phi) is 6.28. The van der Waals surface area contributed by atoms with Gasteiger partial charge in [-0.25, -0.2) is 12.7 Å². The van der Waals surface area contributed by atoms with Gasteiger partial charge in [-0.15, -0.1) is 0 Å². The minimum Gasteiger partial charge on any atom is -0.484 e. The molecule has 0 unspecified atom stereocenters. The van der Waals surface area contributed by atoms with Crippen molar-refractivity contribution in [2.75, 3.05) is 26.0 Å². The first-order valence-corrected chi connectivity index (χ1v) is 9.65. The molecule has 0 radical (unpaired) electrons. The van der Waals surface area contributed by atoms with Crippen LogP contribution in [0.3, 0.4) is 0 Å². The Bertz CT molecular complexity index is 927. The molecule has 2 rings (SSSR count). The molecule has 0 spiro atoms. The lowest BCUT2D eigenvalue weighted by molar-refractivity contribution is -0.118. The lowest BCUT2D eigenvalue weighted by atomic mass is 10.2. The molecule has 0 aliphatic carbocycles. The summed E-state index contributed by atoms with van der Waals surface area (Å²) in [5.74, 6) is 0.141. The van der Waals surface area contributed by atoms with Gasteiger partial charge in [0.1, 0.15) is 5.75 Å². The summed E-state index contributed by atoms with van der Waals surface area (Å²) in [7, 11) is -0.670. The van der Waals surface area contributed by atoms with Crippen LogP contribution in [-0.4, -0.2) is 39.3 Å². The fourth-order valence-electron chi connectivity index (χ4n) is 2.15. The number of nitrogens with one attached hydrogen (secondary N) is 1. The van der Waals surface area contributed by atoms with Crippen LogP contribution in [0.2, 0.25) is 5.02 Å². The van der Waals surface area contributed by atoms with Gasteiger partial charge < -0.3 is 10.1 Å². The van der Waals surface area contributed by atoms with Crippen molar-refractivity contribution in [2.45, 2.75) is 18.7 Å². The number of sulfonamides is 1. The predicted octanol–water partition coefficient (Wildman–Crippen LogP) is 3.22. The Hall–Kier alpha value is -2.09. The Labute approximate surface area is 158 Å². The number of anilines is 1. The van der Waals surface area contributed by atoms with Crippen LogP contribution in [0.25, 0.3) is 0 Å². The zero-order chi connectivity index (χ0) is 19.5. The van der Waals surface area contributed by atoms with Gasteiger partial charge in [0.25, 0.3) is 5.91 Å². The third kappa shape index (κ3) is 4.75. The van der Waals surface area contributed by atoms with E-state index in [-0.39, 0.29) is 17.4 Å². The van der Waals surface area contributed by atoms with E-state index in [1.807, 2.05) is 6.92 Å². The van der Waals surface area contributed by atoms with Crippen molar-refractivity contribution >= 4 is 33.2 Å². The molecule has 8 heteroatoms. The highest BCUT2D eigenvalue weighted by Crippen LogP contribution is 2.23. The van der Waals surface area contributed by atoms with Crippen molar-refractivity contribution in [1.82, 2.24) is 4.31 Å². The van der Waals surface area contributed by atoms with Crippen LogP contribution in [-0.2, 0) is 14.8 Å². The first kappa shape index (κ1) is 20.2. The number of carbonyl (C=O) groups excluding carboxylic acids is 1. The summed E-state index contributed by atoms with van der Waals surface area (Å²) in [6, 6.07) is 9.71. The Morgan fingerprint density at radius 3 is 2.42 bits per heavy atom. The molecular formula is C18H21ClN2O4S. The Balaban J connectivity index is 2.10. The second-order valence-corrected chi connectivity index (χ2v) is 8.57. The van der Waals surface area contributed by atoms with Gasteiger partial charge in [-0.2, -0.15) is 0 Å². The molecule has 2 aromatic carbocycles. The number of benzene rings is 2. The molecule has 0 aromatic heterocycles. The molecule has 0 fully saturated rings. The van der Waals surface area contributed by atoms with E-state index in [2.05, 4.69) is 5.32 Å². The van der Waals surface area contributed by atoms with E-state index in [1.54, 1.807) is 31.2 Å². The summed E-state index contributed by atoms with van der Waals surface area (Å²) < 4.78 is 31.0. The molecule has 140 valence electrons. The molecule has 0 saturated carbocycles. The number of halogens is 1. The summed E-state index contributed by atoms with van der Waals surface area (Å²) in [5, 5.41) is 3.31. The van der Waals surface area contributed by atoms with Crippen LogP contribution in [0, 0.1) is 13.8 Å². The van der Waals surface area contributed by atoms with Crippen molar-refractivity contribution in [3.8, 4) is 5.75 Å². The van der Waals surface area contributed by atoms with Crippen LogP contribution in [0.15, 0.2) is 41.3 Å². The second-order valence-electron chi connectivity index (χ2n) is 6.01. The topological polar surface area (TPSA) is 75.7 Å². The SMILES string of the molecule is Cc1cc(OCC(=O)Nc2cc(S(=O)(=O)N(C)C)ccc2C)ccc1Cl. The van der Waals surface area contributed by atoms with Gasteiger partial charge in [0.2, 0.25) is 10.0 Å². The van der Waals surface area contributed by atoms with E-state index in [0.29, 0.717) is 16.5 Å². The number of rotatable bonds is 6. The third-order valence-electron chi connectivity index (χ3n) is 3.76. The third-order valence-corrected chi connectivity index (χ3v) is 6.00. The van der Waals surface area contributed by atoms with Crippen molar-refractivity contribution in [3.05, 3.63) is 52.5 Å². The fourth-order valence-corrected chi connectivity index (χ4v) is 3.20. The van der Waals surface area contributed by atoms with Crippen molar-refractivity contribution in [1.29, 1.82) is 0 Å². The molecule has 1 amide bonds. The quantitative estimate of drug-likeness (QED) is 0.813. The molecule has 26 heavy (non-hydrogen) atoms. The van der Waals surface area contributed by atoms with Crippen molar-refractivity contribution in [3.63, 3.8) is 0 Å². The van der Waals surface area contributed by atoms with Gasteiger partial charge in [-0.1, -0.05) is 17.7 Å². The molecule has 6 nitrogen and oxygen atoms in total. The average molecular weight is 397 g/mol. The fraction of sp³-hybridized carbons (Fsp3) is 0.278. The molecule has 1 N–H and O–H groups in total. The number of nitrogens with zero attached hydrogens (tertiary/aromatic N) is 1. The first-order chi connectivity index (χ1) is 12.1. The zero-order valence-corrected chi connectivity index (χ0v) is 16.6. The monoisotopic (exact) mass is 396 g/mol. The summed E-state index contributed by atoms with van der Waals surface area (Å²) in [6.45, 7) is 3.42. The largest absolute Gasteiger partial charge is 0.484 e. The number of hydrogen-bond acceptors (Lipinski definition) is 4. The van der Waals surface area contributed by atoms with E-state index in [0.717, 1.165) is 15.4 Å². The molecule has 0 aliphatic rings. The number of carbonyl (C=O) groups is 1. The number of hydrogen-bond donors (Lipinski definition) is 1. The maximum Gasteiger partial charge on any atom is 0.262 e. The van der Waals surface area contributed by atoms with E-state index >= 15 is 0 Å². The van der Waals surface area contributed by atoms with Gasteiger partial charge in [0.05, 0.1) is 4.90 Å². The van der Waals surface area contributed by atoms with Gasteiger partial charge in [-0.3, -0.25) is 4.79 Å². The smallest absolute Gasteiger partial charge is 0.262 e. The highest BCUT2D eigenvalue weighted by Gasteiger charge is 2.18. The minimum absolute atomic E-state index is 0.109. The molecule has 0 aliphatic heterocycles. The standard InChI is InChI=1S/C18H21ClN2O4S/c1-12-5-7-15(26(23,24)21(3)4)10-17(12)20-18(22)11-25-14-6-8-16(19)13(2)9-14/h5-10H,11H2,1-4H3,(H,20,22). The summed E-state index contributed by atoms with van der Waals surface area (Å²) in [4.78, 5) is 12.3. The second kappa shape index (κ2) is 8.07. The molecule has 0 saturated heterocycles. The van der Waals surface area contributed by atoms with Gasteiger partial charge in [0, 0.05) is 24.8 Å². The number of amides is 1. The average Bonchev–Trinajstić information content (AvgIpc) is 2.57. The zero-order valence-electron chi connectivity index (χ0n) is 15.0. The molecule has 0 atom stereocenters.